The minimum absolute atomic E-state index is 0.436. The predicted octanol–water partition coefficient (Wildman–Crippen LogP) is 3.59. The maximum Gasteiger partial charge on any atom is 0.119 e. The fraction of sp³-hybridized carbons (Fsp3) is 0.667. The Morgan fingerprint density at radius 1 is 1.32 bits per heavy atom. The molecule has 1 saturated carbocycles. The van der Waals surface area contributed by atoms with E-state index in [1.807, 2.05) is 24.3 Å². The second-order valence-corrected chi connectivity index (χ2v) is 7.21. The van der Waals surface area contributed by atoms with Crippen molar-refractivity contribution in [3.63, 3.8) is 0 Å². The van der Waals surface area contributed by atoms with Crippen LogP contribution < -0.4 is 4.74 Å². The van der Waals surface area contributed by atoms with Crippen molar-refractivity contribution in [1.29, 1.82) is 0 Å². The molecule has 0 radical (unpaired) electrons. The summed E-state index contributed by atoms with van der Waals surface area (Å²) in [6, 6.07) is 7.51. The highest BCUT2D eigenvalue weighted by Crippen LogP contribution is 2.44. The van der Waals surface area contributed by atoms with Crippen LogP contribution in [0.3, 0.4) is 0 Å². The van der Waals surface area contributed by atoms with E-state index in [4.69, 9.17) is 16.3 Å². The molecule has 1 aliphatic carbocycles. The van der Waals surface area contributed by atoms with Crippen molar-refractivity contribution in [2.75, 3.05) is 26.2 Å². The van der Waals surface area contributed by atoms with Gasteiger partial charge in [-0.3, -0.25) is 4.90 Å². The van der Waals surface area contributed by atoms with E-state index in [0.29, 0.717) is 18.4 Å². The molecule has 3 atom stereocenters. The smallest absolute Gasteiger partial charge is 0.119 e. The lowest BCUT2D eigenvalue weighted by molar-refractivity contribution is -0.0613. The number of likely N-dealkylation sites (tertiary alicyclic amines) is 1. The van der Waals surface area contributed by atoms with Gasteiger partial charge in [-0.05, 0) is 49.4 Å². The number of hydrogen-bond donors (Lipinski definition) is 1. The van der Waals surface area contributed by atoms with Crippen molar-refractivity contribution in [2.24, 2.45) is 11.8 Å². The van der Waals surface area contributed by atoms with Crippen molar-refractivity contribution < 1.29 is 9.84 Å². The van der Waals surface area contributed by atoms with E-state index >= 15 is 0 Å². The third-order valence-corrected chi connectivity index (χ3v) is 5.75. The number of nitrogens with zero attached hydrogens (tertiary/aromatic N) is 1. The first-order valence-corrected chi connectivity index (χ1v) is 8.81. The number of benzene rings is 1. The van der Waals surface area contributed by atoms with E-state index in [9.17, 15) is 5.11 Å². The van der Waals surface area contributed by atoms with E-state index in [0.717, 1.165) is 43.2 Å². The van der Waals surface area contributed by atoms with Crippen molar-refractivity contribution >= 4 is 11.6 Å². The summed E-state index contributed by atoms with van der Waals surface area (Å²) in [4.78, 5) is 2.46. The van der Waals surface area contributed by atoms with Gasteiger partial charge in [0.25, 0.3) is 0 Å². The third-order valence-electron chi connectivity index (χ3n) is 5.49. The van der Waals surface area contributed by atoms with Crippen LogP contribution in [-0.2, 0) is 0 Å². The molecule has 0 amide bonds. The molecule has 3 rings (SSSR count). The zero-order chi connectivity index (χ0) is 15.6. The van der Waals surface area contributed by atoms with Gasteiger partial charge >= 0.3 is 0 Å². The summed E-state index contributed by atoms with van der Waals surface area (Å²) in [6.45, 7) is 5.85. The van der Waals surface area contributed by atoms with Gasteiger partial charge in [0.15, 0.2) is 0 Å². The zero-order valence-electron chi connectivity index (χ0n) is 13.3. The van der Waals surface area contributed by atoms with Crippen LogP contribution in [0, 0.1) is 11.8 Å². The monoisotopic (exact) mass is 323 g/mol. The van der Waals surface area contributed by atoms with Gasteiger partial charge in [0.2, 0.25) is 0 Å². The molecule has 122 valence electrons. The van der Waals surface area contributed by atoms with Gasteiger partial charge in [-0.1, -0.05) is 24.9 Å². The molecular weight excluding hydrogens is 298 g/mol. The summed E-state index contributed by atoms with van der Waals surface area (Å²) >= 11 is 5.87. The predicted molar refractivity (Wildman–Crippen MR) is 89.5 cm³/mol. The number of ether oxygens (including phenoxy) is 1. The maximum absolute atomic E-state index is 10.8. The zero-order valence-corrected chi connectivity index (χ0v) is 14.1. The molecule has 1 aromatic carbocycles. The summed E-state index contributed by atoms with van der Waals surface area (Å²) in [5.41, 5.74) is -0.436. The molecule has 1 aromatic rings. The van der Waals surface area contributed by atoms with Gasteiger partial charge in [-0.25, -0.2) is 0 Å². The Hall–Kier alpha value is -0.770. The molecule has 0 aromatic heterocycles. The summed E-state index contributed by atoms with van der Waals surface area (Å²) in [7, 11) is 0. The first kappa shape index (κ1) is 16.1. The van der Waals surface area contributed by atoms with Gasteiger partial charge in [0, 0.05) is 30.6 Å². The van der Waals surface area contributed by atoms with Crippen LogP contribution in [-0.4, -0.2) is 41.8 Å². The van der Waals surface area contributed by atoms with E-state index in [-0.39, 0.29) is 0 Å². The number of aliphatic hydroxyl groups is 1. The topological polar surface area (TPSA) is 32.7 Å². The highest BCUT2D eigenvalue weighted by Gasteiger charge is 2.47. The minimum Gasteiger partial charge on any atom is -0.492 e. The van der Waals surface area contributed by atoms with Crippen molar-refractivity contribution in [3.8, 4) is 5.75 Å². The van der Waals surface area contributed by atoms with Crippen molar-refractivity contribution in [1.82, 2.24) is 4.90 Å². The van der Waals surface area contributed by atoms with Crippen LogP contribution in [0.2, 0.25) is 5.02 Å². The van der Waals surface area contributed by atoms with Crippen LogP contribution in [0.4, 0.5) is 0 Å². The average Bonchev–Trinajstić information content (AvgIpc) is 2.94. The number of halogens is 1. The highest BCUT2D eigenvalue weighted by molar-refractivity contribution is 6.30. The standard InChI is InChI=1S/C18H26ClNO2/c1-2-18(21)9-3-4-14-12-20(13-17(14)18)10-11-22-16-7-5-15(19)6-8-16/h5-8,14,17,21H,2-4,9-13H2,1H3/t14-,17+,18-/m0/s1. The van der Waals surface area contributed by atoms with Gasteiger partial charge in [-0.2, -0.15) is 0 Å². The summed E-state index contributed by atoms with van der Waals surface area (Å²) in [5.74, 6) is 1.97. The number of fused-ring (bicyclic) bond motifs is 1. The van der Waals surface area contributed by atoms with Crippen molar-refractivity contribution in [3.05, 3.63) is 29.3 Å². The molecule has 0 bridgehead atoms. The van der Waals surface area contributed by atoms with Crippen LogP contribution in [0.1, 0.15) is 32.6 Å². The lowest BCUT2D eigenvalue weighted by Gasteiger charge is -2.40. The molecule has 1 aliphatic heterocycles. The molecule has 22 heavy (non-hydrogen) atoms. The van der Waals surface area contributed by atoms with Crippen LogP contribution in [0.15, 0.2) is 24.3 Å². The van der Waals surface area contributed by atoms with E-state index in [1.54, 1.807) is 0 Å². The van der Waals surface area contributed by atoms with E-state index in [1.165, 1.54) is 12.8 Å². The Morgan fingerprint density at radius 2 is 2.09 bits per heavy atom. The second-order valence-electron chi connectivity index (χ2n) is 6.78. The lowest BCUT2D eigenvalue weighted by Crippen LogP contribution is -2.44. The van der Waals surface area contributed by atoms with Gasteiger partial charge in [-0.15, -0.1) is 0 Å². The lowest BCUT2D eigenvalue weighted by atomic mass is 9.69. The SMILES string of the molecule is CC[C@]1(O)CCC[C@H]2CN(CCOc3ccc(Cl)cc3)C[C@H]21. The Labute approximate surface area is 138 Å². The Balaban J connectivity index is 1.49. The van der Waals surface area contributed by atoms with Crippen LogP contribution in [0.25, 0.3) is 0 Å². The third kappa shape index (κ3) is 3.42. The van der Waals surface area contributed by atoms with Crippen LogP contribution >= 0.6 is 11.6 Å². The molecule has 4 heteroatoms. The van der Waals surface area contributed by atoms with Gasteiger partial charge in [0.05, 0.1) is 5.60 Å². The highest BCUT2D eigenvalue weighted by atomic mass is 35.5. The summed E-state index contributed by atoms with van der Waals surface area (Å²) in [5, 5.41) is 11.6. The normalized spacial score (nSPS) is 32.0. The van der Waals surface area contributed by atoms with Gasteiger partial charge in [0.1, 0.15) is 12.4 Å². The average molecular weight is 324 g/mol. The summed E-state index contributed by atoms with van der Waals surface area (Å²) in [6.07, 6.45) is 4.28. The first-order valence-electron chi connectivity index (χ1n) is 8.44. The Kier molecular flexibility index (Phi) is 4.96. The molecule has 2 fully saturated rings. The molecule has 2 aliphatic rings. The molecule has 0 unspecified atom stereocenters. The van der Waals surface area contributed by atoms with Crippen molar-refractivity contribution in [2.45, 2.75) is 38.2 Å². The fourth-order valence-electron chi connectivity index (χ4n) is 4.16. The second kappa shape index (κ2) is 6.77. The molecule has 1 saturated heterocycles. The van der Waals surface area contributed by atoms with E-state index < -0.39 is 5.60 Å². The molecule has 0 spiro atoms. The Bertz CT molecular complexity index is 492. The number of hydrogen-bond acceptors (Lipinski definition) is 3. The van der Waals surface area contributed by atoms with Crippen LogP contribution in [0.5, 0.6) is 5.75 Å². The molecular formula is C18H26ClNO2. The molecule has 1 heterocycles. The molecule has 1 N–H and O–H groups in total. The quantitative estimate of drug-likeness (QED) is 0.898. The van der Waals surface area contributed by atoms with Gasteiger partial charge < -0.3 is 9.84 Å². The Morgan fingerprint density at radius 3 is 2.82 bits per heavy atom. The first-order chi connectivity index (χ1) is 10.6. The van der Waals surface area contributed by atoms with E-state index in [2.05, 4.69) is 11.8 Å². The fourth-order valence-corrected chi connectivity index (χ4v) is 4.29. The maximum atomic E-state index is 10.8. The molecule has 3 nitrogen and oxygen atoms in total. The largest absolute Gasteiger partial charge is 0.492 e. The minimum atomic E-state index is -0.436. The number of rotatable bonds is 5. The summed E-state index contributed by atoms with van der Waals surface area (Å²) < 4.78 is 5.79.